The highest BCUT2D eigenvalue weighted by molar-refractivity contribution is 5.80. The number of terminal acetylenes is 1. The third kappa shape index (κ3) is 2.05. The molecule has 1 aliphatic heterocycles. The van der Waals surface area contributed by atoms with Crippen LogP contribution in [0.25, 0.3) is 0 Å². The molecular formula is C10H13NO3. The Morgan fingerprint density at radius 1 is 1.57 bits per heavy atom. The lowest BCUT2D eigenvalue weighted by atomic mass is 9.99. The molecule has 1 rings (SSSR count). The van der Waals surface area contributed by atoms with Crippen LogP contribution in [0, 0.1) is 24.2 Å². The molecule has 0 bridgehead atoms. The summed E-state index contributed by atoms with van der Waals surface area (Å²) in [6, 6.07) is 0. The fourth-order valence-corrected chi connectivity index (χ4v) is 1.69. The first-order valence-electron chi connectivity index (χ1n) is 4.50. The Morgan fingerprint density at radius 3 is 2.64 bits per heavy atom. The maximum absolute atomic E-state index is 11.3. The van der Waals surface area contributed by atoms with Crippen molar-refractivity contribution in [1.29, 1.82) is 0 Å². The number of aliphatic carboxylic acids is 1. The average molecular weight is 195 g/mol. The van der Waals surface area contributed by atoms with Crippen LogP contribution in [-0.4, -0.2) is 35.0 Å². The number of nitrogens with zero attached hydrogens (tertiary/aromatic N) is 1. The highest BCUT2D eigenvalue weighted by Gasteiger charge is 2.36. The van der Waals surface area contributed by atoms with Gasteiger partial charge in [0, 0.05) is 13.1 Å². The van der Waals surface area contributed by atoms with Gasteiger partial charge in [0.1, 0.15) is 0 Å². The van der Waals surface area contributed by atoms with Crippen LogP contribution in [0.15, 0.2) is 0 Å². The van der Waals surface area contributed by atoms with E-state index in [0.29, 0.717) is 6.54 Å². The van der Waals surface area contributed by atoms with Gasteiger partial charge in [-0.15, -0.1) is 6.42 Å². The molecule has 0 aromatic rings. The smallest absolute Gasteiger partial charge is 0.308 e. The summed E-state index contributed by atoms with van der Waals surface area (Å²) in [6.45, 7) is 2.62. The lowest BCUT2D eigenvalue weighted by Crippen LogP contribution is -2.29. The predicted molar refractivity (Wildman–Crippen MR) is 50.3 cm³/mol. The van der Waals surface area contributed by atoms with E-state index in [1.807, 2.05) is 6.92 Å². The van der Waals surface area contributed by atoms with E-state index in [-0.39, 0.29) is 24.8 Å². The van der Waals surface area contributed by atoms with E-state index in [9.17, 15) is 9.59 Å². The molecule has 0 saturated carbocycles. The number of likely N-dealkylation sites (tertiary alicyclic amines) is 1. The first kappa shape index (κ1) is 10.6. The van der Waals surface area contributed by atoms with Crippen molar-refractivity contribution in [3.05, 3.63) is 0 Å². The predicted octanol–water partition coefficient (Wildman–Crippen LogP) is 0.189. The van der Waals surface area contributed by atoms with Crippen LogP contribution in [0.5, 0.6) is 0 Å². The van der Waals surface area contributed by atoms with Crippen LogP contribution in [0.3, 0.4) is 0 Å². The second-order valence-corrected chi connectivity index (χ2v) is 3.60. The molecule has 2 atom stereocenters. The van der Waals surface area contributed by atoms with Gasteiger partial charge in [-0.25, -0.2) is 0 Å². The molecule has 1 N–H and O–H groups in total. The van der Waals surface area contributed by atoms with E-state index in [2.05, 4.69) is 5.92 Å². The van der Waals surface area contributed by atoms with Crippen molar-refractivity contribution in [3.8, 4) is 12.3 Å². The zero-order valence-corrected chi connectivity index (χ0v) is 8.06. The quantitative estimate of drug-likeness (QED) is 0.640. The molecule has 4 heteroatoms. The van der Waals surface area contributed by atoms with Gasteiger partial charge in [0.2, 0.25) is 5.91 Å². The summed E-state index contributed by atoms with van der Waals surface area (Å²) in [5.41, 5.74) is 0. The molecule has 0 aromatic heterocycles. The number of hydrogen-bond acceptors (Lipinski definition) is 2. The van der Waals surface area contributed by atoms with Gasteiger partial charge in [-0.1, -0.05) is 12.8 Å². The summed E-state index contributed by atoms with van der Waals surface area (Å²) in [7, 11) is 0. The van der Waals surface area contributed by atoms with Crippen molar-refractivity contribution in [2.45, 2.75) is 13.3 Å². The van der Waals surface area contributed by atoms with Crippen molar-refractivity contribution >= 4 is 11.9 Å². The van der Waals surface area contributed by atoms with Crippen molar-refractivity contribution in [3.63, 3.8) is 0 Å². The first-order chi connectivity index (χ1) is 6.56. The Hall–Kier alpha value is -1.50. The molecule has 76 valence electrons. The summed E-state index contributed by atoms with van der Waals surface area (Å²) >= 11 is 0. The van der Waals surface area contributed by atoms with Gasteiger partial charge >= 0.3 is 5.97 Å². The van der Waals surface area contributed by atoms with Crippen LogP contribution in [0.1, 0.15) is 13.3 Å². The molecule has 14 heavy (non-hydrogen) atoms. The minimum atomic E-state index is -0.839. The second kappa shape index (κ2) is 4.14. The molecule has 0 aliphatic carbocycles. The van der Waals surface area contributed by atoms with E-state index in [1.54, 1.807) is 0 Å². The van der Waals surface area contributed by atoms with Crippen LogP contribution < -0.4 is 0 Å². The molecule has 1 fully saturated rings. The number of carbonyl (C=O) groups is 2. The molecule has 0 aromatic carbocycles. The fraction of sp³-hybridized carbons (Fsp3) is 0.600. The Kier molecular flexibility index (Phi) is 3.13. The van der Waals surface area contributed by atoms with Gasteiger partial charge in [0.25, 0.3) is 0 Å². The molecule has 4 nitrogen and oxygen atoms in total. The van der Waals surface area contributed by atoms with Crippen LogP contribution in [-0.2, 0) is 9.59 Å². The van der Waals surface area contributed by atoms with Gasteiger partial charge in [0.15, 0.2) is 0 Å². The van der Waals surface area contributed by atoms with Crippen molar-refractivity contribution in [1.82, 2.24) is 4.90 Å². The molecule has 2 unspecified atom stereocenters. The molecule has 0 spiro atoms. The zero-order valence-electron chi connectivity index (χ0n) is 8.06. The minimum absolute atomic E-state index is 0.00854. The minimum Gasteiger partial charge on any atom is -0.481 e. The number of rotatable bonds is 2. The molecular weight excluding hydrogens is 182 g/mol. The van der Waals surface area contributed by atoms with Crippen LogP contribution in [0.4, 0.5) is 0 Å². The normalized spacial score (nSPS) is 25.9. The van der Waals surface area contributed by atoms with E-state index < -0.39 is 11.9 Å². The summed E-state index contributed by atoms with van der Waals surface area (Å²) in [5, 5.41) is 8.83. The molecule has 0 radical (unpaired) electrons. The maximum atomic E-state index is 11.3. The largest absolute Gasteiger partial charge is 0.481 e. The number of amides is 1. The first-order valence-corrected chi connectivity index (χ1v) is 4.50. The number of carboxylic acid groups (broad SMARTS) is 1. The Labute approximate surface area is 82.9 Å². The maximum Gasteiger partial charge on any atom is 0.308 e. The summed E-state index contributed by atoms with van der Waals surface area (Å²) < 4.78 is 0. The third-order valence-electron chi connectivity index (χ3n) is 2.54. The van der Waals surface area contributed by atoms with Crippen LogP contribution in [0.2, 0.25) is 0 Å². The van der Waals surface area contributed by atoms with E-state index in [4.69, 9.17) is 11.5 Å². The Morgan fingerprint density at radius 2 is 2.21 bits per heavy atom. The molecule has 1 saturated heterocycles. The fourth-order valence-electron chi connectivity index (χ4n) is 1.69. The third-order valence-corrected chi connectivity index (χ3v) is 2.54. The number of carboxylic acids is 1. The van der Waals surface area contributed by atoms with Gasteiger partial charge in [0.05, 0.1) is 12.3 Å². The monoisotopic (exact) mass is 195 g/mol. The molecule has 1 heterocycles. The van der Waals surface area contributed by atoms with Gasteiger partial charge < -0.3 is 10.0 Å². The Balaban J connectivity index is 2.59. The van der Waals surface area contributed by atoms with E-state index in [1.165, 1.54) is 4.90 Å². The second-order valence-electron chi connectivity index (χ2n) is 3.60. The highest BCUT2D eigenvalue weighted by atomic mass is 16.4. The van der Waals surface area contributed by atoms with Crippen LogP contribution >= 0.6 is 0 Å². The standard InChI is InChI=1S/C10H13NO3/c1-3-4-9(12)11-5-7(2)8(6-11)10(13)14/h1,7-8H,4-6H2,2H3,(H,13,14). The van der Waals surface area contributed by atoms with E-state index in [0.717, 1.165) is 0 Å². The van der Waals surface area contributed by atoms with Gasteiger partial charge in [-0.3, -0.25) is 9.59 Å². The summed E-state index contributed by atoms with van der Waals surface area (Å²) in [5.74, 6) is 0.836. The average Bonchev–Trinajstić information content (AvgIpc) is 2.48. The zero-order chi connectivity index (χ0) is 10.7. The Bertz CT molecular complexity index is 292. The van der Waals surface area contributed by atoms with Gasteiger partial charge in [-0.05, 0) is 5.92 Å². The molecule has 1 amide bonds. The lowest BCUT2D eigenvalue weighted by molar-refractivity contribution is -0.142. The SMILES string of the molecule is C#CCC(=O)N1CC(C)C(C(=O)O)C1. The van der Waals surface area contributed by atoms with Crippen molar-refractivity contribution in [2.24, 2.45) is 11.8 Å². The number of hydrogen-bond donors (Lipinski definition) is 1. The lowest BCUT2D eigenvalue weighted by Gasteiger charge is -2.13. The van der Waals surface area contributed by atoms with Crippen molar-refractivity contribution < 1.29 is 14.7 Å². The topological polar surface area (TPSA) is 57.6 Å². The highest BCUT2D eigenvalue weighted by Crippen LogP contribution is 2.23. The summed E-state index contributed by atoms with van der Waals surface area (Å²) in [4.78, 5) is 23.6. The molecule has 1 aliphatic rings. The van der Waals surface area contributed by atoms with Crippen molar-refractivity contribution in [2.75, 3.05) is 13.1 Å². The summed E-state index contributed by atoms with van der Waals surface area (Å²) in [6.07, 6.45) is 5.07. The van der Waals surface area contributed by atoms with Gasteiger partial charge in [-0.2, -0.15) is 0 Å². The van der Waals surface area contributed by atoms with E-state index >= 15 is 0 Å². The number of carbonyl (C=O) groups excluding carboxylic acids is 1.